The summed E-state index contributed by atoms with van der Waals surface area (Å²) < 4.78 is 29.8. The molecule has 0 radical (unpaired) electrons. The molecule has 0 aliphatic heterocycles. The molecular formula is C37H42ClN3O4S. The van der Waals surface area contributed by atoms with Crippen molar-refractivity contribution in [2.45, 2.75) is 70.5 Å². The first-order valence-corrected chi connectivity index (χ1v) is 17.2. The molecule has 1 unspecified atom stereocenters. The molecule has 0 aromatic heterocycles. The summed E-state index contributed by atoms with van der Waals surface area (Å²) in [7, 11) is -4.18. The molecule has 2 amide bonds. The van der Waals surface area contributed by atoms with Gasteiger partial charge in [-0.1, -0.05) is 96.9 Å². The van der Waals surface area contributed by atoms with Gasteiger partial charge in [-0.25, -0.2) is 8.42 Å². The molecule has 0 fully saturated rings. The predicted octanol–water partition coefficient (Wildman–Crippen LogP) is 6.96. The first-order chi connectivity index (χ1) is 21.8. The normalized spacial score (nSPS) is 12.3. The summed E-state index contributed by atoms with van der Waals surface area (Å²) in [6.07, 6.45) is 0.793. The Kier molecular flexibility index (Phi) is 11.3. The summed E-state index contributed by atoms with van der Waals surface area (Å²) in [6.45, 7) is 9.03. The Balaban J connectivity index is 1.84. The van der Waals surface area contributed by atoms with E-state index in [1.54, 1.807) is 60.7 Å². The summed E-state index contributed by atoms with van der Waals surface area (Å²) in [4.78, 5) is 30.2. The van der Waals surface area contributed by atoms with Crippen LogP contribution < -0.4 is 9.62 Å². The number of hydrogen-bond acceptors (Lipinski definition) is 4. The minimum atomic E-state index is -4.18. The summed E-state index contributed by atoms with van der Waals surface area (Å²) >= 11 is 6.17. The number of sulfonamides is 1. The van der Waals surface area contributed by atoms with Crippen molar-refractivity contribution in [3.05, 3.63) is 130 Å². The molecule has 46 heavy (non-hydrogen) atoms. The van der Waals surface area contributed by atoms with Gasteiger partial charge in [0.2, 0.25) is 11.8 Å². The first kappa shape index (κ1) is 34.7. The van der Waals surface area contributed by atoms with Gasteiger partial charge in [0.25, 0.3) is 10.0 Å². The van der Waals surface area contributed by atoms with Gasteiger partial charge < -0.3 is 10.2 Å². The van der Waals surface area contributed by atoms with Gasteiger partial charge in [-0.05, 0) is 81.1 Å². The van der Waals surface area contributed by atoms with E-state index in [9.17, 15) is 18.0 Å². The molecule has 0 saturated carbocycles. The largest absolute Gasteiger partial charge is 0.350 e. The van der Waals surface area contributed by atoms with Crippen LogP contribution in [0.15, 0.2) is 108 Å². The number of para-hydroxylation sites is 1. The fourth-order valence-corrected chi connectivity index (χ4v) is 6.78. The Morgan fingerprint density at radius 1 is 0.826 bits per heavy atom. The lowest BCUT2D eigenvalue weighted by molar-refractivity contribution is -0.140. The van der Waals surface area contributed by atoms with Gasteiger partial charge in [-0.15, -0.1) is 0 Å². The average Bonchev–Trinajstić information content (AvgIpc) is 3.02. The van der Waals surface area contributed by atoms with E-state index in [1.165, 1.54) is 9.21 Å². The zero-order valence-electron chi connectivity index (χ0n) is 27.0. The Labute approximate surface area is 278 Å². The van der Waals surface area contributed by atoms with Gasteiger partial charge in [-0.3, -0.25) is 13.9 Å². The van der Waals surface area contributed by atoms with E-state index in [0.29, 0.717) is 17.1 Å². The standard InChI is InChI=1S/C37H42ClN3O4S/c1-6-30-14-10-11-15-33(30)41(46(44,45)32-22-16-27(2)17-23-32)26-35(42)40(25-29-18-20-31(38)21-19-29)34(36(43)39-37(3,4)5)24-28-12-8-7-9-13-28/h7-23,34H,6,24-26H2,1-5H3,(H,39,43). The number of rotatable bonds is 12. The molecule has 0 aliphatic carbocycles. The van der Waals surface area contributed by atoms with Crippen LogP contribution in [0.4, 0.5) is 5.69 Å². The van der Waals surface area contributed by atoms with Crippen molar-refractivity contribution in [2.24, 2.45) is 0 Å². The van der Waals surface area contributed by atoms with Crippen molar-refractivity contribution >= 4 is 39.1 Å². The molecular weight excluding hydrogens is 618 g/mol. The van der Waals surface area contributed by atoms with Crippen LogP contribution in [-0.4, -0.2) is 43.3 Å². The topological polar surface area (TPSA) is 86.8 Å². The van der Waals surface area contributed by atoms with E-state index in [2.05, 4.69) is 5.32 Å². The third kappa shape index (κ3) is 8.98. The molecule has 0 spiro atoms. The predicted molar refractivity (Wildman–Crippen MR) is 185 cm³/mol. The molecule has 9 heteroatoms. The Morgan fingerprint density at radius 2 is 1.43 bits per heavy atom. The number of anilines is 1. The van der Waals surface area contributed by atoms with Gasteiger partial charge in [0.15, 0.2) is 0 Å². The maximum atomic E-state index is 14.6. The van der Waals surface area contributed by atoms with Crippen LogP contribution in [0.3, 0.4) is 0 Å². The number of benzene rings is 4. The van der Waals surface area contributed by atoms with Gasteiger partial charge in [0.05, 0.1) is 10.6 Å². The van der Waals surface area contributed by atoms with Gasteiger partial charge in [0.1, 0.15) is 12.6 Å². The van der Waals surface area contributed by atoms with Crippen LogP contribution in [-0.2, 0) is 39.0 Å². The third-order valence-corrected chi connectivity index (χ3v) is 9.59. The summed E-state index contributed by atoms with van der Waals surface area (Å²) in [5.74, 6) is -0.845. The summed E-state index contributed by atoms with van der Waals surface area (Å²) in [5.41, 5.74) is 3.16. The minimum Gasteiger partial charge on any atom is -0.350 e. The third-order valence-electron chi connectivity index (χ3n) is 7.56. The van der Waals surface area contributed by atoms with Crippen LogP contribution in [0.1, 0.15) is 49.9 Å². The molecule has 4 rings (SSSR count). The van der Waals surface area contributed by atoms with Crippen molar-refractivity contribution in [3.63, 3.8) is 0 Å². The molecule has 0 aliphatic rings. The van der Waals surface area contributed by atoms with E-state index in [4.69, 9.17) is 11.6 Å². The number of nitrogens with one attached hydrogen (secondary N) is 1. The molecule has 0 saturated heterocycles. The van der Waals surface area contributed by atoms with Crippen molar-refractivity contribution in [3.8, 4) is 0 Å². The van der Waals surface area contributed by atoms with Crippen LogP contribution in [0, 0.1) is 6.92 Å². The molecule has 0 bridgehead atoms. The number of hydrogen-bond donors (Lipinski definition) is 1. The fraction of sp³-hybridized carbons (Fsp3) is 0.297. The molecule has 1 N–H and O–H groups in total. The second kappa shape index (κ2) is 15.0. The van der Waals surface area contributed by atoms with Crippen molar-refractivity contribution in [1.82, 2.24) is 10.2 Å². The lowest BCUT2D eigenvalue weighted by Crippen LogP contribution is -2.56. The average molecular weight is 660 g/mol. The molecule has 0 heterocycles. The van der Waals surface area contributed by atoms with E-state index >= 15 is 0 Å². The maximum Gasteiger partial charge on any atom is 0.264 e. The van der Waals surface area contributed by atoms with Crippen molar-refractivity contribution in [2.75, 3.05) is 10.8 Å². The van der Waals surface area contributed by atoms with E-state index < -0.39 is 34.1 Å². The summed E-state index contributed by atoms with van der Waals surface area (Å²) in [6, 6.07) is 29.4. The van der Waals surface area contributed by atoms with Gasteiger partial charge >= 0.3 is 0 Å². The van der Waals surface area contributed by atoms with Crippen LogP contribution in [0.5, 0.6) is 0 Å². The first-order valence-electron chi connectivity index (χ1n) is 15.4. The zero-order chi connectivity index (χ0) is 33.5. The highest BCUT2D eigenvalue weighted by atomic mass is 35.5. The van der Waals surface area contributed by atoms with E-state index in [0.717, 1.165) is 22.3 Å². The highest BCUT2D eigenvalue weighted by molar-refractivity contribution is 7.92. The number of carbonyl (C=O) groups is 2. The second-order valence-corrected chi connectivity index (χ2v) is 14.7. The Bertz CT molecular complexity index is 1740. The van der Waals surface area contributed by atoms with Gasteiger partial charge in [0, 0.05) is 23.5 Å². The Morgan fingerprint density at radius 3 is 2.04 bits per heavy atom. The van der Waals surface area contributed by atoms with Crippen LogP contribution in [0.2, 0.25) is 5.02 Å². The number of carbonyl (C=O) groups excluding carboxylic acids is 2. The quantitative estimate of drug-likeness (QED) is 0.178. The molecule has 1 atom stereocenters. The maximum absolute atomic E-state index is 14.6. The van der Waals surface area contributed by atoms with E-state index in [-0.39, 0.29) is 23.8 Å². The fourth-order valence-electron chi connectivity index (χ4n) is 5.20. The van der Waals surface area contributed by atoms with Crippen LogP contribution >= 0.6 is 11.6 Å². The molecule has 7 nitrogen and oxygen atoms in total. The number of aryl methyl sites for hydroxylation is 2. The van der Waals surface area contributed by atoms with Gasteiger partial charge in [-0.2, -0.15) is 0 Å². The highest BCUT2D eigenvalue weighted by Gasteiger charge is 2.36. The zero-order valence-corrected chi connectivity index (χ0v) is 28.6. The SMILES string of the molecule is CCc1ccccc1N(CC(=O)N(Cc1ccc(Cl)cc1)C(Cc1ccccc1)C(=O)NC(C)(C)C)S(=O)(=O)c1ccc(C)cc1. The van der Waals surface area contributed by atoms with Crippen molar-refractivity contribution in [1.29, 1.82) is 0 Å². The number of nitrogens with zero attached hydrogens (tertiary/aromatic N) is 2. The summed E-state index contributed by atoms with van der Waals surface area (Å²) in [5, 5.41) is 3.59. The monoisotopic (exact) mass is 659 g/mol. The second-order valence-electron chi connectivity index (χ2n) is 12.4. The number of halogens is 1. The molecule has 4 aromatic carbocycles. The smallest absolute Gasteiger partial charge is 0.264 e. The Hall–Kier alpha value is -4.14. The molecule has 4 aromatic rings. The van der Waals surface area contributed by atoms with Crippen LogP contribution in [0.25, 0.3) is 0 Å². The lowest BCUT2D eigenvalue weighted by Gasteiger charge is -2.35. The lowest BCUT2D eigenvalue weighted by atomic mass is 10.0. The highest BCUT2D eigenvalue weighted by Crippen LogP contribution is 2.29. The van der Waals surface area contributed by atoms with Crippen molar-refractivity contribution < 1.29 is 18.0 Å². The minimum absolute atomic E-state index is 0.0684. The number of amides is 2. The van der Waals surface area contributed by atoms with E-state index in [1.807, 2.05) is 77.1 Å². The molecule has 242 valence electrons.